The van der Waals surface area contributed by atoms with E-state index in [1.807, 2.05) is 0 Å². The number of benzene rings is 1. The van der Waals surface area contributed by atoms with E-state index >= 15 is 0 Å². The summed E-state index contributed by atoms with van der Waals surface area (Å²) in [5.41, 5.74) is 10.0. The van der Waals surface area contributed by atoms with Gasteiger partial charge in [0.15, 0.2) is 0 Å². The van der Waals surface area contributed by atoms with Crippen LogP contribution in [0.5, 0.6) is 0 Å². The molecule has 0 bridgehead atoms. The van der Waals surface area contributed by atoms with E-state index in [2.05, 4.69) is 81.9 Å². The summed E-state index contributed by atoms with van der Waals surface area (Å²) in [5.74, 6) is 7.63. The van der Waals surface area contributed by atoms with Crippen molar-refractivity contribution in [2.45, 2.75) is 61.3 Å². The standard InChI is InChI=1S/C22H27.3CO.Mn/c1-10-12(3)16(7)21-19(14(10)5)18(9)20-15(6)11(2)13(4)17(8)22(20)21;3*1-2;/h18H,7H2,1-6,8-9H3;;;;. The smallest absolute Gasteiger partial charge is 0 e. The molecule has 0 amide bonds. The molecule has 3 rings (SSSR count). The zero-order valence-electron chi connectivity index (χ0n) is 18.4. The van der Waals surface area contributed by atoms with E-state index in [0.717, 1.165) is 0 Å². The van der Waals surface area contributed by atoms with Crippen LogP contribution in [0.25, 0.3) is 0 Å². The van der Waals surface area contributed by atoms with Crippen LogP contribution in [0.3, 0.4) is 0 Å². The van der Waals surface area contributed by atoms with E-state index in [-0.39, 0.29) is 17.1 Å². The van der Waals surface area contributed by atoms with Crippen molar-refractivity contribution in [1.29, 1.82) is 0 Å². The van der Waals surface area contributed by atoms with Crippen molar-refractivity contribution in [3.63, 3.8) is 0 Å². The fraction of sp³-hybridized carbons (Fsp3) is 0.360. The topological polar surface area (TPSA) is 59.7 Å². The molecule has 2 aliphatic carbocycles. The molecule has 1 aromatic carbocycles. The van der Waals surface area contributed by atoms with Crippen LogP contribution in [0, 0.1) is 77.2 Å². The van der Waals surface area contributed by atoms with Gasteiger partial charge >= 0.3 is 33.9 Å². The van der Waals surface area contributed by atoms with Crippen molar-refractivity contribution in [1.82, 2.24) is 0 Å². The van der Waals surface area contributed by atoms with Gasteiger partial charge in [-0.2, -0.15) is 0 Å². The van der Waals surface area contributed by atoms with Gasteiger partial charge in [0.2, 0.25) is 0 Å². The minimum Gasteiger partial charge on any atom is 0 e. The van der Waals surface area contributed by atoms with E-state index < -0.39 is 0 Å². The Kier molecular flexibility index (Phi) is 12.8. The Morgan fingerprint density at radius 3 is 1.52 bits per heavy atom. The fourth-order valence-corrected chi connectivity index (χ4v) is 4.42. The zero-order chi connectivity index (χ0) is 22.5. The molecule has 0 aromatic heterocycles. The minimum atomic E-state index is 0. The third kappa shape index (κ3) is 4.73. The van der Waals surface area contributed by atoms with E-state index in [9.17, 15) is 0 Å². The van der Waals surface area contributed by atoms with Gasteiger partial charge in [-0.15, -0.1) is 0 Å². The molecule has 3 nitrogen and oxygen atoms in total. The molecule has 0 saturated heterocycles. The summed E-state index contributed by atoms with van der Waals surface area (Å²) in [6.45, 7) is 36.2. The van der Waals surface area contributed by atoms with Crippen LogP contribution in [0.15, 0.2) is 12.2 Å². The van der Waals surface area contributed by atoms with Crippen molar-refractivity contribution >= 4 is 0 Å². The van der Waals surface area contributed by atoms with Crippen LogP contribution < -0.4 is 0 Å². The molecular formula is C25H27MnO3. The Labute approximate surface area is 187 Å². The first kappa shape index (κ1) is 29.9. The molecule has 1 unspecified atom stereocenters. The molecule has 2 aliphatic rings. The largest absolute Gasteiger partial charge is 0 e. The average molecular weight is 430 g/mol. The van der Waals surface area contributed by atoms with Crippen LogP contribution in [0.2, 0.25) is 0 Å². The number of hydrogen-bond acceptors (Lipinski definition) is 0. The van der Waals surface area contributed by atoms with Gasteiger partial charge < -0.3 is 0 Å². The minimum absolute atomic E-state index is 0. The van der Waals surface area contributed by atoms with Crippen molar-refractivity contribution in [2.75, 3.05) is 0 Å². The van der Waals surface area contributed by atoms with Crippen LogP contribution in [-0.2, 0) is 31.0 Å². The molecule has 29 heavy (non-hydrogen) atoms. The molecule has 1 atom stereocenters. The molecule has 0 spiro atoms. The van der Waals surface area contributed by atoms with E-state index in [4.69, 9.17) is 14.0 Å². The van der Waals surface area contributed by atoms with Crippen LogP contribution in [-0.4, -0.2) is 0 Å². The van der Waals surface area contributed by atoms with Gasteiger partial charge in [-0.1, -0.05) is 39.8 Å². The van der Waals surface area contributed by atoms with Crippen molar-refractivity contribution in [3.05, 3.63) is 95.1 Å². The van der Waals surface area contributed by atoms with Gasteiger partial charge in [-0.05, 0) is 78.8 Å². The Balaban J connectivity index is 0. The summed E-state index contributed by atoms with van der Waals surface area (Å²) in [6, 6.07) is 0. The maximum atomic E-state index is 7.50. The monoisotopic (exact) mass is 430 g/mol. The maximum absolute atomic E-state index is 7.50. The van der Waals surface area contributed by atoms with Gasteiger partial charge in [0.25, 0.3) is 0 Å². The van der Waals surface area contributed by atoms with Crippen molar-refractivity contribution < 1.29 is 31.0 Å². The third-order valence-electron chi connectivity index (χ3n) is 6.40. The second-order valence-corrected chi connectivity index (χ2v) is 7.15. The summed E-state index contributed by atoms with van der Waals surface area (Å²) in [6.07, 6.45) is 0. The summed E-state index contributed by atoms with van der Waals surface area (Å²) in [5, 5.41) is 0. The van der Waals surface area contributed by atoms with Crippen molar-refractivity contribution in [3.8, 4) is 0 Å². The molecule has 0 heterocycles. The van der Waals surface area contributed by atoms with Crippen molar-refractivity contribution in [2.24, 2.45) is 0 Å². The quantitative estimate of drug-likeness (QED) is 0.285. The molecule has 1 fully saturated rings. The number of allylic oxidation sites excluding steroid dienone is 1. The van der Waals surface area contributed by atoms with Gasteiger partial charge in [-0.3, -0.25) is 0 Å². The third-order valence-corrected chi connectivity index (χ3v) is 6.40. The predicted octanol–water partition coefficient (Wildman–Crippen LogP) is 5.77. The normalized spacial score (nSPS) is 19.1. The molecule has 0 N–H and O–H groups in total. The van der Waals surface area contributed by atoms with E-state index in [0.29, 0.717) is 5.92 Å². The van der Waals surface area contributed by atoms with Gasteiger partial charge in [0.05, 0.1) is 0 Å². The van der Waals surface area contributed by atoms with Gasteiger partial charge in [0, 0.05) is 34.8 Å². The molecule has 0 aliphatic heterocycles. The molecule has 1 aromatic rings. The summed E-state index contributed by atoms with van der Waals surface area (Å²) in [7, 11) is 0. The molecule has 6 radical (unpaired) electrons. The Morgan fingerprint density at radius 2 is 1.07 bits per heavy atom. The SMILES string of the molecule is C=C1[C](C)[C](C)[C](C)[C]2[C]1c1c(C)c(C)c(C)c(C)c1C2C.[C-]#[O+].[C-]#[O+].[C-]#[O+].[Mn]. The number of fused-ring (bicyclic) bond motifs is 3. The molecule has 152 valence electrons. The fourth-order valence-electron chi connectivity index (χ4n) is 4.42. The first-order valence-corrected chi connectivity index (χ1v) is 8.87. The molecule has 4 heteroatoms. The Morgan fingerprint density at radius 1 is 0.655 bits per heavy atom. The number of hydrogen-bond donors (Lipinski definition) is 0. The second kappa shape index (κ2) is 12.4. The number of rotatable bonds is 0. The van der Waals surface area contributed by atoms with Gasteiger partial charge in [-0.25, -0.2) is 0 Å². The average Bonchev–Trinajstić information content (AvgIpc) is 3.05. The van der Waals surface area contributed by atoms with E-state index in [1.165, 1.54) is 68.5 Å². The van der Waals surface area contributed by atoms with Crippen LogP contribution in [0.4, 0.5) is 0 Å². The summed E-state index contributed by atoms with van der Waals surface area (Å²) in [4.78, 5) is 0. The first-order chi connectivity index (χ1) is 13.2. The zero-order valence-corrected chi connectivity index (χ0v) is 19.6. The summed E-state index contributed by atoms with van der Waals surface area (Å²) < 4.78 is 22.5. The van der Waals surface area contributed by atoms with Gasteiger partial charge in [0.1, 0.15) is 0 Å². The molecule has 1 saturated carbocycles. The van der Waals surface area contributed by atoms with Crippen LogP contribution in [0.1, 0.15) is 67.0 Å². The Bertz CT molecular complexity index is 773. The predicted molar refractivity (Wildman–Crippen MR) is 107 cm³/mol. The second-order valence-electron chi connectivity index (χ2n) is 7.15. The van der Waals surface area contributed by atoms with Crippen LogP contribution >= 0.6 is 0 Å². The summed E-state index contributed by atoms with van der Waals surface area (Å²) >= 11 is 0. The molecular weight excluding hydrogens is 403 g/mol. The van der Waals surface area contributed by atoms with E-state index in [1.54, 1.807) is 0 Å². The first-order valence-electron chi connectivity index (χ1n) is 8.87. The Hall–Kier alpha value is -1.30. The maximum Gasteiger partial charge on any atom is 0 e.